The molecule has 1 aromatic heterocycles. The molecular formula is C27H34N6S. The Kier molecular flexibility index (Phi) is 6.77. The molecule has 0 amide bonds. The third-order valence-electron chi connectivity index (χ3n) is 6.12. The first-order valence-corrected chi connectivity index (χ1v) is 13.0. The van der Waals surface area contributed by atoms with E-state index in [4.69, 9.17) is 4.98 Å². The van der Waals surface area contributed by atoms with Crippen molar-refractivity contribution in [1.82, 2.24) is 19.6 Å². The minimum Gasteiger partial charge on any atom is -0.326 e. The van der Waals surface area contributed by atoms with Crippen molar-refractivity contribution in [2.24, 2.45) is 0 Å². The van der Waals surface area contributed by atoms with Crippen LogP contribution in [0.25, 0.3) is 0 Å². The highest BCUT2D eigenvalue weighted by Crippen LogP contribution is 2.35. The standard InChI is InChI=1S/C27H34N6S/c1-27(2,3)31-34-24-8-6-7-23(17-24)33-16-13-21-18-28-26(30-25(21)33)29-22-11-9-20(10-12-22)19-32-14-4-5-15-32/h6-12,17-18,31H,4-5,13-16,19H2,1-3H3,(H,28,29,30). The summed E-state index contributed by atoms with van der Waals surface area (Å²) in [5.74, 6) is 1.63. The lowest BCUT2D eigenvalue weighted by Gasteiger charge is -2.22. The Morgan fingerprint density at radius 2 is 1.79 bits per heavy atom. The van der Waals surface area contributed by atoms with Crippen LogP contribution in [0.1, 0.15) is 44.7 Å². The van der Waals surface area contributed by atoms with Crippen LogP contribution in [0.4, 0.5) is 23.1 Å². The van der Waals surface area contributed by atoms with Crippen LogP contribution in [0.3, 0.4) is 0 Å². The van der Waals surface area contributed by atoms with Gasteiger partial charge in [-0.15, -0.1) is 0 Å². The Morgan fingerprint density at radius 1 is 1.00 bits per heavy atom. The zero-order valence-electron chi connectivity index (χ0n) is 20.3. The van der Waals surface area contributed by atoms with E-state index < -0.39 is 0 Å². The summed E-state index contributed by atoms with van der Waals surface area (Å²) in [6.07, 6.45) is 5.57. The SMILES string of the molecule is CC(C)(C)NSc1cccc(N2CCc3cnc(Nc4ccc(CN5CCCC5)cc4)nc32)c1. The van der Waals surface area contributed by atoms with Crippen LogP contribution in [0.2, 0.25) is 0 Å². The molecule has 0 saturated carbocycles. The van der Waals surface area contributed by atoms with Gasteiger partial charge in [0.2, 0.25) is 5.95 Å². The molecule has 178 valence electrons. The smallest absolute Gasteiger partial charge is 0.229 e. The molecule has 3 aromatic rings. The Hall–Kier alpha value is -2.61. The summed E-state index contributed by atoms with van der Waals surface area (Å²) in [7, 11) is 0. The summed E-state index contributed by atoms with van der Waals surface area (Å²) in [5, 5.41) is 3.40. The Morgan fingerprint density at radius 3 is 2.56 bits per heavy atom. The summed E-state index contributed by atoms with van der Waals surface area (Å²) >= 11 is 1.67. The van der Waals surface area contributed by atoms with E-state index >= 15 is 0 Å². The van der Waals surface area contributed by atoms with Crippen molar-refractivity contribution < 1.29 is 0 Å². The molecule has 2 N–H and O–H groups in total. The number of fused-ring (bicyclic) bond motifs is 1. The monoisotopic (exact) mass is 474 g/mol. The highest BCUT2D eigenvalue weighted by Gasteiger charge is 2.23. The molecule has 0 radical (unpaired) electrons. The predicted molar refractivity (Wildman–Crippen MR) is 142 cm³/mol. The van der Waals surface area contributed by atoms with Gasteiger partial charge in [-0.1, -0.05) is 18.2 Å². The van der Waals surface area contributed by atoms with Gasteiger partial charge >= 0.3 is 0 Å². The second-order valence-corrected chi connectivity index (χ2v) is 11.1. The first-order valence-electron chi connectivity index (χ1n) is 12.2. The van der Waals surface area contributed by atoms with Gasteiger partial charge in [0.1, 0.15) is 5.82 Å². The second kappa shape index (κ2) is 9.94. The normalized spacial score (nSPS) is 16.1. The lowest BCUT2D eigenvalue weighted by atomic mass is 10.1. The van der Waals surface area contributed by atoms with Crippen LogP contribution in [0, 0.1) is 0 Å². The summed E-state index contributed by atoms with van der Waals surface area (Å²) in [4.78, 5) is 15.5. The van der Waals surface area contributed by atoms with Crippen LogP contribution in [-0.4, -0.2) is 40.0 Å². The molecule has 1 saturated heterocycles. The largest absolute Gasteiger partial charge is 0.326 e. The topological polar surface area (TPSA) is 56.3 Å². The maximum atomic E-state index is 4.90. The van der Waals surface area contributed by atoms with Gasteiger partial charge in [-0.05, 0) is 101 Å². The van der Waals surface area contributed by atoms with Crippen molar-refractivity contribution in [3.05, 3.63) is 65.9 Å². The molecule has 2 aliphatic heterocycles. The van der Waals surface area contributed by atoms with Crippen LogP contribution < -0.4 is 14.9 Å². The fourth-order valence-corrected chi connectivity index (χ4v) is 5.16. The minimum atomic E-state index is 0.0566. The molecule has 34 heavy (non-hydrogen) atoms. The molecule has 1 fully saturated rings. The molecule has 6 nitrogen and oxygen atoms in total. The van der Waals surface area contributed by atoms with Crippen molar-refractivity contribution in [2.45, 2.75) is 57.0 Å². The molecule has 2 aromatic carbocycles. The molecule has 0 atom stereocenters. The van der Waals surface area contributed by atoms with Gasteiger partial charge in [-0.25, -0.2) is 4.98 Å². The van der Waals surface area contributed by atoms with Crippen molar-refractivity contribution in [1.29, 1.82) is 0 Å². The first-order chi connectivity index (χ1) is 16.4. The number of likely N-dealkylation sites (tertiary alicyclic amines) is 1. The summed E-state index contributed by atoms with van der Waals surface area (Å²) < 4.78 is 3.50. The van der Waals surface area contributed by atoms with E-state index in [0.717, 1.165) is 36.7 Å². The minimum absolute atomic E-state index is 0.0566. The van der Waals surface area contributed by atoms with Crippen LogP contribution in [0.15, 0.2) is 59.6 Å². The number of rotatable bonds is 7. The number of hydrogen-bond acceptors (Lipinski definition) is 7. The van der Waals surface area contributed by atoms with Gasteiger partial charge < -0.3 is 10.2 Å². The van der Waals surface area contributed by atoms with E-state index in [2.05, 4.69) is 94.1 Å². The number of nitrogens with zero attached hydrogens (tertiary/aromatic N) is 4. The quantitative estimate of drug-likeness (QED) is 0.413. The van der Waals surface area contributed by atoms with Gasteiger partial charge in [0.15, 0.2) is 0 Å². The zero-order chi connectivity index (χ0) is 23.5. The van der Waals surface area contributed by atoms with Crippen LogP contribution in [-0.2, 0) is 13.0 Å². The molecule has 2 aliphatic rings. The highest BCUT2D eigenvalue weighted by atomic mass is 32.2. The first kappa shape index (κ1) is 23.1. The third-order valence-corrected chi connectivity index (χ3v) is 7.33. The summed E-state index contributed by atoms with van der Waals surface area (Å²) in [6, 6.07) is 17.3. The number of aromatic nitrogens is 2. The Labute approximate surface area is 207 Å². The predicted octanol–water partition coefficient (Wildman–Crippen LogP) is 5.91. The van der Waals surface area contributed by atoms with E-state index in [1.54, 1.807) is 11.9 Å². The molecule has 5 rings (SSSR count). The second-order valence-electron chi connectivity index (χ2n) is 10.2. The maximum absolute atomic E-state index is 4.90. The van der Waals surface area contributed by atoms with Crippen molar-refractivity contribution >= 4 is 35.1 Å². The molecule has 7 heteroatoms. The van der Waals surface area contributed by atoms with Gasteiger partial charge in [-0.2, -0.15) is 4.98 Å². The molecular weight excluding hydrogens is 440 g/mol. The molecule has 0 spiro atoms. The fourth-order valence-electron chi connectivity index (χ4n) is 4.41. The van der Waals surface area contributed by atoms with Gasteiger partial charge in [0, 0.05) is 46.7 Å². The molecule has 0 aliphatic carbocycles. The number of benzene rings is 2. The highest BCUT2D eigenvalue weighted by molar-refractivity contribution is 7.97. The van der Waals surface area contributed by atoms with Gasteiger partial charge in [-0.3, -0.25) is 9.62 Å². The van der Waals surface area contributed by atoms with Gasteiger partial charge in [0.05, 0.1) is 0 Å². The summed E-state index contributed by atoms with van der Waals surface area (Å²) in [6.45, 7) is 10.9. The molecule has 0 unspecified atom stereocenters. The third kappa shape index (κ3) is 5.71. The zero-order valence-corrected chi connectivity index (χ0v) is 21.2. The number of hydrogen-bond donors (Lipinski definition) is 2. The van der Waals surface area contributed by atoms with E-state index in [1.165, 1.54) is 42.0 Å². The van der Waals surface area contributed by atoms with Crippen LogP contribution >= 0.6 is 11.9 Å². The van der Waals surface area contributed by atoms with E-state index in [9.17, 15) is 0 Å². The van der Waals surface area contributed by atoms with E-state index in [1.807, 2.05) is 6.20 Å². The molecule has 0 bridgehead atoms. The van der Waals surface area contributed by atoms with Crippen molar-refractivity contribution in [3.63, 3.8) is 0 Å². The average Bonchev–Trinajstić information content (AvgIpc) is 3.48. The maximum Gasteiger partial charge on any atom is 0.229 e. The number of anilines is 4. The van der Waals surface area contributed by atoms with Crippen molar-refractivity contribution in [3.8, 4) is 0 Å². The van der Waals surface area contributed by atoms with Crippen molar-refractivity contribution in [2.75, 3.05) is 29.9 Å². The van der Waals surface area contributed by atoms with E-state index in [-0.39, 0.29) is 5.54 Å². The molecule has 3 heterocycles. The Balaban J connectivity index is 1.28. The average molecular weight is 475 g/mol. The lowest BCUT2D eigenvalue weighted by molar-refractivity contribution is 0.331. The lowest BCUT2D eigenvalue weighted by Crippen LogP contribution is -2.29. The number of nitrogens with one attached hydrogen (secondary N) is 2. The van der Waals surface area contributed by atoms with Gasteiger partial charge in [0.25, 0.3) is 0 Å². The van der Waals surface area contributed by atoms with E-state index in [0.29, 0.717) is 5.95 Å². The van der Waals surface area contributed by atoms with Crippen LogP contribution in [0.5, 0.6) is 0 Å². The fraction of sp³-hybridized carbons (Fsp3) is 0.407. The Bertz CT molecular complexity index is 1120. The summed E-state index contributed by atoms with van der Waals surface area (Å²) in [5.41, 5.74) is 4.78.